The molecule has 2 aliphatic heterocycles. The van der Waals surface area contributed by atoms with Crippen LogP contribution in [0.2, 0.25) is 5.02 Å². The van der Waals surface area contributed by atoms with E-state index in [1.165, 1.54) is 0 Å². The third-order valence-electron chi connectivity index (χ3n) is 5.30. The maximum Gasteiger partial charge on any atom is 0.309 e. The van der Waals surface area contributed by atoms with E-state index >= 15 is 0 Å². The van der Waals surface area contributed by atoms with E-state index in [4.69, 9.17) is 25.8 Å². The second-order valence-corrected chi connectivity index (χ2v) is 7.73. The second kappa shape index (κ2) is 10.00. The zero-order valence-corrected chi connectivity index (χ0v) is 17.7. The molecule has 2 amide bonds. The molecule has 1 saturated heterocycles. The van der Waals surface area contributed by atoms with Crippen LogP contribution in [0.25, 0.3) is 0 Å². The van der Waals surface area contributed by atoms with Crippen LogP contribution in [-0.2, 0) is 20.9 Å². The van der Waals surface area contributed by atoms with Gasteiger partial charge in [-0.2, -0.15) is 0 Å². The quantitative estimate of drug-likeness (QED) is 0.660. The Morgan fingerprint density at radius 2 is 1.68 bits per heavy atom. The van der Waals surface area contributed by atoms with E-state index < -0.39 is 11.8 Å². The molecule has 2 N–H and O–H groups in total. The van der Waals surface area contributed by atoms with Gasteiger partial charge in [0.2, 0.25) is 6.79 Å². The molecule has 0 spiro atoms. The Morgan fingerprint density at radius 3 is 2.45 bits per heavy atom. The van der Waals surface area contributed by atoms with Crippen molar-refractivity contribution in [1.29, 1.82) is 0 Å². The van der Waals surface area contributed by atoms with Crippen molar-refractivity contribution in [3.05, 3.63) is 58.6 Å². The van der Waals surface area contributed by atoms with Crippen molar-refractivity contribution in [2.75, 3.05) is 39.6 Å². The van der Waals surface area contributed by atoms with Crippen LogP contribution < -0.4 is 20.1 Å². The molecule has 0 aliphatic carbocycles. The van der Waals surface area contributed by atoms with E-state index in [0.29, 0.717) is 29.7 Å². The molecule has 0 aromatic heterocycles. The number of halogens is 1. The number of nitrogens with zero attached hydrogens (tertiary/aromatic N) is 1. The number of carbonyl (C=O) groups excluding carboxylic acids is 2. The van der Waals surface area contributed by atoms with E-state index in [1.807, 2.05) is 18.2 Å². The number of morpholine rings is 1. The highest BCUT2D eigenvalue weighted by Gasteiger charge is 2.26. The average molecular weight is 446 g/mol. The highest BCUT2D eigenvalue weighted by atomic mass is 35.5. The van der Waals surface area contributed by atoms with Gasteiger partial charge in [0.25, 0.3) is 0 Å². The summed E-state index contributed by atoms with van der Waals surface area (Å²) in [7, 11) is 0. The third-order valence-corrected chi connectivity index (χ3v) is 5.55. The van der Waals surface area contributed by atoms with Crippen molar-refractivity contribution in [1.82, 2.24) is 15.5 Å². The fourth-order valence-electron chi connectivity index (χ4n) is 3.60. The summed E-state index contributed by atoms with van der Waals surface area (Å²) in [6.45, 7) is 3.44. The first-order chi connectivity index (χ1) is 15.1. The van der Waals surface area contributed by atoms with Crippen LogP contribution in [0.4, 0.5) is 0 Å². The lowest BCUT2D eigenvalue weighted by Crippen LogP contribution is -2.46. The predicted molar refractivity (Wildman–Crippen MR) is 114 cm³/mol. The minimum atomic E-state index is -0.679. The lowest BCUT2D eigenvalue weighted by Gasteiger charge is -2.34. The Balaban J connectivity index is 1.37. The number of nitrogens with one attached hydrogen (secondary N) is 2. The van der Waals surface area contributed by atoms with Crippen LogP contribution in [0.15, 0.2) is 42.5 Å². The molecule has 0 bridgehead atoms. The van der Waals surface area contributed by atoms with Gasteiger partial charge in [-0.15, -0.1) is 0 Å². The molecule has 8 nitrogen and oxygen atoms in total. The molecule has 1 fully saturated rings. The van der Waals surface area contributed by atoms with Crippen molar-refractivity contribution in [3.63, 3.8) is 0 Å². The van der Waals surface area contributed by atoms with Crippen molar-refractivity contribution in [2.45, 2.75) is 12.6 Å². The number of amides is 2. The Hall–Kier alpha value is -2.81. The summed E-state index contributed by atoms with van der Waals surface area (Å²) in [6, 6.07) is 12.7. The summed E-state index contributed by atoms with van der Waals surface area (Å²) in [4.78, 5) is 26.9. The molecule has 0 radical (unpaired) electrons. The fourth-order valence-corrected chi connectivity index (χ4v) is 3.73. The standard InChI is InChI=1S/C22H24ClN3O5/c23-17-4-1-15(2-5-17)12-24-21(27)22(28)25-13-18(26-7-9-29-10-8-26)16-3-6-19-20(11-16)31-14-30-19/h1-6,11,18H,7-10,12-14H2,(H,24,27)(H,25,28)/t18-/m0/s1. The summed E-state index contributed by atoms with van der Waals surface area (Å²) in [5.74, 6) is 0.0345. The Bertz CT molecular complexity index is 931. The van der Waals surface area contributed by atoms with Gasteiger partial charge in [-0.25, -0.2) is 0 Å². The molecule has 9 heteroatoms. The monoisotopic (exact) mass is 445 g/mol. The number of hydrogen-bond donors (Lipinski definition) is 2. The first-order valence-corrected chi connectivity index (χ1v) is 10.5. The van der Waals surface area contributed by atoms with Crippen LogP contribution in [0.1, 0.15) is 17.2 Å². The summed E-state index contributed by atoms with van der Waals surface area (Å²) in [5, 5.41) is 6.01. The Labute approximate surface area is 185 Å². The largest absolute Gasteiger partial charge is 0.454 e. The van der Waals surface area contributed by atoms with Crippen LogP contribution in [-0.4, -0.2) is 56.4 Å². The van der Waals surface area contributed by atoms with E-state index in [9.17, 15) is 9.59 Å². The summed E-state index contributed by atoms with van der Waals surface area (Å²) in [6.07, 6.45) is 0. The van der Waals surface area contributed by atoms with Crippen molar-refractivity contribution in [2.24, 2.45) is 0 Å². The number of fused-ring (bicyclic) bond motifs is 1. The molecule has 0 unspecified atom stereocenters. The third kappa shape index (κ3) is 5.46. The van der Waals surface area contributed by atoms with Gasteiger partial charge in [0.1, 0.15) is 0 Å². The first-order valence-electron chi connectivity index (χ1n) is 10.1. The van der Waals surface area contributed by atoms with Crippen LogP contribution in [0, 0.1) is 0 Å². The van der Waals surface area contributed by atoms with Crippen LogP contribution in [0.5, 0.6) is 11.5 Å². The molecule has 0 saturated carbocycles. The van der Waals surface area contributed by atoms with Crippen LogP contribution in [0.3, 0.4) is 0 Å². The molecular weight excluding hydrogens is 422 g/mol. The SMILES string of the molecule is O=C(NCc1ccc(Cl)cc1)C(=O)NC[C@@H](c1ccc2c(c1)OCO2)N1CCOCC1. The van der Waals surface area contributed by atoms with Gasteiger partial charge < -0.3 is 24.8 Å². The maximum atomic E-state index is 12.4. The Morgan fingerprint density at radius 1 is 0.968 bits per heavy atom. The number of hydrogen-bond acceptors (Lipinski definition) is 6. The van der Waals surface area contributed by atoms with Gasteiger partial charge in [-0.3, -0.25) is 14.5 Å². The lowest BCUT2D eigenvalue weighted by molar-refractivity contribution is -0.139. The minimum absolute atomic E-state index is 0.119. The number of carbonyl (C=O) groups is 2. The molecule has 2 aromatic rings. The zero-order chi connectivity index (χ0) is 21.6. The number of ether oxygens (including phenoxy) is 3. The van der Waals surface area contributed by atoms with Gasteiger partial charge >= 0.3 is 11.8 Å². The van der Waals surface area contributed by atoms with E-state index in [-0.39, 0.29) is 25.9 Å². The smallest absolute Gasteiger partial charge is 0.309 e. The molecule has 164 valence electrons. The normalized spacial score (nSPS) is 16.5. The zero-order valence-electron chi connectivity index (χ0n) is 16.9. The molecule has 4 rings (SSSR count). The minimum Gasteiger partial charge on any atom is -0.454 e. The van der Waals surface area contributed by atoms with Gasteiger partial charge in [0.15, 0.2) is 11.5 Å². The van der Waals surface area contributed by atoms with Crippen LogP contribution >= 0.6 is 11.6 Å². The lowest BCUT2D eigenvalue weighted by atomic mass is 10.0. The molecular formula is C22H24ClN3O5. The average Bonchev–Trinajstić information content (AvgIpc) is 3.27. The molecule has 2 heterocycles. The molecule has 31 heavy (non-hydrogen) atoms. The van der Waals surface area contributed by atoms with Gasteiger partial charge in [-0.05, 0) is 35.4 Å². The number of rotatable bonds is 6. The summed E-state index contributed by atoms with van der Waals surface area (Å²) >= 11 is 5.86. The topological polar surface area (TPSA) is 89.1 Å². The van der Waals surface area contributed by atoms with E-state index in [2.05, 4.69) is 15.5 Å². The fraction of sp³-hybridized carbons (Fsp3) is 0.364. The molecule has 2 aliphatic rings. The number of benzene rings is 2. The molecule has 2 aromatic carbocycles. The second-order valence-electron chi connectivity index (χ2n) is 7.30. The maximum absolute atomic E-state index is 12.4. The Kier molecular flexibility index (Phi) is 6.91. The highest BCUT2D eigenvalue weighted by molar-refractivity contribution is 6.35. The molecule has 1 atom stereocenters. The van der Waals surface area contributed by atoms with Gasteiger partial charge in [0.05, 0.1) is 19.3 Å². The van der Waals surface area contributed by atoms with Gasteiger partial charge in [0, 0.05) is 31.2 Å². The predicted octanol–water partition coefficient (Wildman–Crippen LogP) is 1.87. The van der Waals surface area contributed by atoms with E-state index in [1.54, 1.807) is 24.3 Å². The first kappa shape index (κ1) is 21.4. The van der Waals surface area contributed by atoms with Crippen molar-refractivity contribution in [3.8, 4) is 11.5 Å². The van der Waals surface area contributed by atoms with Crippen molar-refractivity contribution >= 4 is 23.4 Å². The summed E-state index contributed by atoms with van der Waals surface area (Å²) < 4.78 is 16.3. The summed E-state index contributed by atoms with van der Waals surface area (Å²) in [5.41, 5.74) is 1.84. The van der Waals surface area contributed by atoms with Crippen molar-refractivity contribution < 1.29 is 23.8 Å². The van der Waals surface area contributed by atoms with Gasteiger partial charge in [-0.1, -0.05) is 29.8 Å². The highest BCUT2D eigenvalue weighted by Crippen LogP contribution is 2.35. The van der Waals surface area contributed by atoms with E-state index in [0.717, 1.165) is 24.2 Å².